The molecule has 12 heteroatoms. The van der Waals surface area contributed by atoms with E-state index in [4.69, 9.17) is 23.7 Å². The van der Waals surface area contributed by atoms with Gasteiger partial charge in [0.15, 0.2) is 17.6 Å². The third-order valence-electron chi connectivity index (χ3n) is 5.97. The lowest BCUT2D eigenvalue weighted by Gasteiger charge is -2.14. The summed E-state index contributed by atoms with van der Waals surface area (Å²) in [6.45, 7) is 7.22. The number of carbonyl (C=O) groups excluding carboxylic acids is 3. The van der Waals surface area contributed by atoms with Crippen LogP contribution >= 0.6 is 11.3 Å². The first kappa shape index (κ1) is 31.0. The van der Waals surface area contributed by atoms with Crippen molar-refractivity contribution in [2.24, 2.45) is 5.10 Å². The maximum absolute atomic E-state index is 12.9. The Bertz CT molecular complexity index is 1410. The molecule has 3 aromatic rings. The number of hydrogen-bond donors (Lipinski definition) is 2. The molecule has 3 rings (SSSR count). The third-order valence-corrected chi connectivity index (χ3v) is 7.09. The summed E-state index contributed by atoms with van der Waals surface area (Å²) in [5.41, 5.74) is 4.53. The highest BCUT2D eigenvalue weighted by molar-refractivity contribution is 7.16. The summed E-state index contributed by atoms with van der Waals surface area (Å²) in [4.78, 5) is 38.7. The van der Waals surface area contributed by atoms with E-state index < -0.39 is 23.9 Å². The molecular formula is C29H33N3O8S. The monoisotopic (exact) mass is 583 g/mol. The topological polar surface area (TPSA) is 134 Å². The first-order chi connectivity index (χ1) is 19.6. The standard InChI is InChI=1S/C29H33N3O8S/c1-8-39-29(35)24-16(2)18(4)41-28(24)31-27(34)20-9-11-21(12-10-20)40-17(3)26(33)32-30-15-19-13-22(36-5)25(38-7)23(14-19)37-6/h9-15,17H,8H2,1-7H3,(H,31,34)(H,32,33)/b30-15-/t17-/m1/s1. The van der Waals surface area contributed by atoms with Crippen LogP contribution in [0.5, 0.6) is 23.0 Å². The third kappa shape index (κ3) is 7.54. The van der Waals surface area contributed by atoms with Crippen LogP contribution in [0.25, 0.3) is 0 Å². The minimum atomic E-state index is -0.879. The minimum absolute atomic E-state index is 0.234. The predicted octanol–water partition coefficient (Wildman–Crippen LogP) is 4.74. The molecule has 0 saturated heterocycles. The predicted molar refractivity (Wildman–Crippen MR) is 156 cm³/mol. The van der Waals surface area contributed by atoms with E-state index in [0.29, 0.717) is 44.7 Å². The molecule has 0 fully saturated rings. The number of nitrogens with one attached hydrogen (secondary N) is 2. The zero-order valence-corrected chi connectivity index (χ0v) is 24.8. The van der Waals surface area contributed by atoms with Crippen molar-refractivity contribution in [1.82, 2.24) is 5.43 Å². The number of benzene rings is 2. The summed E-state index contributed by atoms with van der Waals surface area (Å²) < 4.78 is 26.8. The van der Waals surface area contributed by atoms with E-state index in [1.165, 1.54) is 38.9 Å². The van der Waals surface area contributed by atoms with E-state index >= 15 is 0 Å². The molecule has 11 nitrogen and oxygen atoms in total. The van der Waals surface area contributed by atoms with Gasteiger partial charge in [0.1, 0.15) is 10.8 Å². The van der Waals surface area contributed by atoms with Crippen LogP contribution in [0.4, 0.5) is 5.00 Å². The SMILES string of the molecule is CCOC(=O)c1c(NC(=O)c2ccc(O[C@H](C)C(=O)N/N=C\c3cc(OC)c(OC)c(OC)c3)cc2)sc(C)c1C. The number of methoxy groups -OCH3 is 3. The Morgan fingerprint density at radius 3 is 2.20 bits per heavy atom. The number of rotatable bonds is 12. The van der Waals surface area contributed by atoms with Gasteiger partial charge in [0, 0.05) is 16.0 Å². The fraction of sp³-hybridized carbons (Fsp3) is 0.310. The largest absolute Gasteiger partial charge is 0.493 e. The van der Waals surface area contributed by atoms with Gasteiger partial charge in [-0.05, 0) is 69.7 Å². The van der Waals surface area contributed by atoms with Crippen molar-refractivity contribution in [2.75, 3.05) is 33.3 Å². The summed E-state index contributed by atoms with van der Waals surface area (Å²) in [7, 11) is 4.52. The number of carbonyl (C=O) groups is 3. The van der Waals surface area contributed by atoms with Crippen molar-refractivity contribution in [1.29, 1.82) is 0 Å². The lowest BCUT2D eigenvalue weighted by Crippen LogP contribution is -2.33. The number of aryl methyl sites for hydroxylation is 1. The fourth-order valence-electron chi connectivity index (χ4n) is 3.72. The minimum Gasteiger partial charge on any atom is -0.493 e. The van der Waals surface area contributed by atoms with E-state index in [1.54, 1.807) is 50.2 Å². The van der Waals surface area contributed by atoms with Gasteiger partial charge in [-0.3, -0.25) is 9.59 Å². The molecule has 0 aliphatic rings. The molecule has 0 radical (unpaired) electrons. The number of hydrogen-bond acceptors (Lipinski definition) is 10. The Morgan fingerprint density at radius 2 is 1.63 bits per heavy atom. The lowest BCUT2D eigenvalue weighted by molar-refractivity contribution is -0.127. The van der Waals surface area contributed by atoms with Gasteiger partial charge in [-0.2, -0.15) is 5.10 Å². The fourth-order valence-corrected chi connectivity index (χ4v) is 4.76. The van der Waals surface area contributed by atoms with Crippen LogP contribution in [0.3, 0.4) is 0 Å². The van der Waals surface area contributed by atoms with Gasteiger partial charge >= 0.3 is 5.97 Å². The smallest absolute Gasteiger partial charge is 0.341 e. The Morgan fingerprint density at radius 1 is 1.00 bits per heavy atom. The zero-order chi connectivity index (χ0) is 30.1. The number of ether oxygens (including phenoxy) is 5. The van der Waals surface area contributed by atoms with Gasteiger partial charge in [-0.25, -0.2) is 10.2 Å². The zero-order valence-electron chi connectivity index (χ0n) is 23.9. The Labute approximate surface area is 242 Å². The quantitative estimate of drug-likeness (QED) is 0.178. The molecule has 218 valence electrons. The first-order valence-corrected chi connectivity index (χ1v) is 13.4. The molecule has 1 aromatic heterocycles. The highest BCUT2D eigenvalue weighted by atomic mass is 32.1. The molecule has 41 heavy (non-hydrogen) atoms. The lowest BCUT2D eigenvalue weighted by atomic mass is 10.1. The van der Waals surface area contributed by atoms with Crippen LogP contribution in [-0.4, -0.2) is 58.0 Å². The molecule has 0 spiro atoms. The molecule has 0 bridgehead atoms. The maximum atomic E-state index is 12.9. The molecule has 0 unspecified atom stereocenters. The van der Waals surface area contributed by atoms with Gasteiger partial charge < -0.3 is 29.0 Å². The first-order valence-electron chi connectivity index (χ1n) is 12.6. The molecule has 1 heterocycles. The molecule has 0 aliphatic carbocycles. The average Bonchev–Trinajstić information content (AvgIpc) is 3.24. The summed E-state index contributed by atoms with van der Waals surface area (Å²) in [5, 5.41) is 7.22. The van der Waals surface area contributed by atoms with E-state index in [1.807, 2.05) is 13.8 Å². The molecule has 0 aliphatic heterocycles. The second-order valence-corrected chi connectivity index (χ2v) is 9.86. The second-order valence-electron chi connectivity index (χ2n) is 8.64. The van der Waals surface area contributed by atoms with Gasteiger partial charge in [0.25, 0.3) is 11.8 Å². The molecule has 0 saturated carbocycles. The highest BCUT2D eigenvalue weighted by Crippen LogP contribution is 2.38. The van der Waals surface area contributed by atoms with Crippen LogP contribution in [0, 0.1) is 13.8 Å². The van der Waals surface area contributed by atoms with Gasteiger partial charge in [-0.15, -0.1) is 11.3 Å². The van der Waals surface area contributed by atoms with Crippen molar-refractivity contribution >= 4 is 40.3 Å². The van der Waals surface area contributed by atoms with Gasteiger partial charge in [-0.1, -0.05) is 0 Å². The normalized spacial score (nSPS) is 11.5. The Hall–Kier alpha value is -4.58. The molecule has 2 N–H and O–H groups in total. The molecule has 1 atom stereocenters. The number of anilines is 1. The summed E-state index contributed by atoms with van der Waals surface area (Å²) in [6, 6.07) is 9.66. The van der Waals surface area contributed by atoms with Crippen molar-refractivity contribution in [3.63, 3.8) is 0 Å². The molecular weight excluding hydrogens is 550 g/mol. The summed E-state index contributed by atoms with van der Waals surface area (Å²) >= 11 is 1.31. The van der Waals surface area contributed by atoms with Gasteiger partial charge in [0.05, 0.1) is 39.7 Å². The Balaban J connectivity index is 1.60. The van der Waals surface area contributed by atoms with Crippen molar-refractivity contribution in [2.45, 2.75) is 33.8 Å². The number of thiophene rings is 1. The highest BCUT2D eigenvalue weighted by Gasteiger charge is 2.23. The maximum Gasteiger partial charge on any atom is 0.341 e. The van der Waals surface area contributed by atoms with Gasteiger partial charge in [0.2, 0.25) is 5.75 Å². The number of nitrogens with zero attached hydrogens (tertiary/aromatic N) is 1. The van der Waals surface area contributed by atoms with E-state index in [0.717, 1.165) is 10.4 Å². The number of hydrazone groups is 1. The van der Waals surface area contributed by atoms with E-state index in [9.17, 15) is 14.4 Å². The number of amides is 2. The summed E-state index contributed by atoms with van der Waals surface area (Å²) in [5.74, 6) is 0.379. The molecule has 2 amide bonds. The molecule has 2 aromatic carbocycles. The van der Waals surface area contributed by atoms with E-state index in [2.05, 4.69) is 15.8 Å². The second kappa shape index (κ2) is 14.2. The van der Waals surface area contributed by atoms with Crippen molar-refractivity contribution in [3.8, 4) is 23.0 Å². The Kier molecular flexibility index (Phi) is 10.7. The van der Waals surface area contributed by atoms with E-state index in [-0.39, 0.29) is 6.61 Å². The van der Waals surface area contributed by atoms with Crippen LogP contribution in [0.1, 0.15) is 50.6 Å². The van der Waals surface area contributed by atoms with Crippen molar-refractivity contribution < 1.29 is 38.1 Å². The summed E-state index contributed by atoms with van der Waals surface area (Å²) in [6.07, 6.45) is 0.558. The van der Waals surface area contributed by atoms with Crippen LogP contribution in [-0.2, 0) is 9.53 Å². The van der Waals surface area contributed by atoms with Crippen molar-refractivity contribution in [3.05, 3.63) is 63.5 Å². The van der Waals surface area contributed by atoms with Crippen LogP contribution in [0.15, 0.2) is 41.5 Å². The average molecular weight is 584 g/mol. The van der Waals surface area contributed by atoms with Crippen LogP contribution in [0.2, 0.25) is 0 Å². The number of esters is 1. The van der Waals surface area contributed by atoms with Crippen LogP contribution < -0.4 is 29.7 Å².